The zero-order valence-electron chi connectivity index (χ0n) is 11.4. The molecule has 1 N–H and O–H groups in total. The molecule has 1 aliphatic carbocycles. The molecule has 0 atom stereocenters. The lowest BCUT2D eigenvalue weighted by molar-refractivity contribution is 0.534. The first kappa shape index (κ1) is 14.6. The van der Waals surface area contributed by atoms with Crippen molar-refractivity contribution in [3.8, 4) is 0 Å². The lowest BCUT2D eigenvalue weighted by Crippen LogP contribution is -2.26. The van der Waals surface area contributed by atoms with Gasteiger partial charge in [-0.05, 0) is 30.4 Å². The minimum Gasteiger partial charge on any atom is -0.375 e. The second kappa shape index (κ2) is 6.20. The Morgan fingerprint density at radius 1 is 1.38 bits per heavy atom. The van der Waals surface area contributed by atoms with Gasteiger partial charge < -0.3 is 5.32 Å². The molecular formula is C15H15BrClN3O. The van der Waals surface area contributed by atoms with Gasteiger partial charge in [0.15, 0.2) is 0 Å². The molecule has 0 radical (unpaired) electrons. The van der Waals surface area contributed by atoms with Crippen LogP contribution in [0.4, 0.5) is 5.69 Å². The number of rotatable bonds is 5. The Hall–Kier alpha value is -1.33. The van der Waals surface area contributed by atoms with Crippen LogP contribution in [0.3, 0.4) is 0 Å². The number of benzene rings is 1. The fourth-order valence-electron chi connectivity index (χ4n) is 2.13. The summed E-state index contributed by atoms with van der Waals surface area (Å²) in [7, 11) is 0. The van der Waals surface area contributed by atoms with Crippen LogP contribution in [-0.2, 0) is 13.1 Å². The molecular weight excluding hydrogens is 354 g/mol. The number of halogens is 2. The molecule has 0 saturated heterocycles. The molecule has 0 spiro atoms. The molecule has 0 unspecified atom stereocenters. The summed E-state index contributed by atoms with van der Waals surface area (Å²) in [6.07, 6.45) is 3.89. The Bertz CT molecular complexity index is 712. The lowest BCUT2D eigenvalue weighted by Gasteiger charge is -2.11. The highest BCUT2D eigenvalue weighted by atomic mass is 79.9. The summed E-state index contributed by atoms with van der Waals surface area (Å²) in [6, 6.07) is 7.88. The molecule has 0 amide bonds. The van der Waals surface area contributed by atoms with E-state index in [4.69, 9.17) is 11.6 Å². The topological polar surface area (TPSA) is 46.9 Å². The van der Waals surface area contributed by atoms with E-state index in [0.717, 1.165) is 10.0 Å². The van der Waals surface area contributed by atoms with Gasteiger partial charge in [-0.15, -0.1) is 0 Å². The van der Waals surface area contributed by atoms with Crippen molar-refractivity contribution in [2.75, 3.05) is 5.32 Å². The third-order valence-electron chi connectivity index (χ3n) is 3.54. The molecule has 21 heavy (non-hydrogen) atoms. The predicted molar refractivity (Wildman–Crippen MR) is 87.7 cm³/mol. The zero-order chi connectivity index (χ0) is 14.8. The first-order valence-corrected chi connectivity index (χ1v) is 8.05. The van der Waals surface area contributed by atoms with E-state index in [-0.39, 0.29) is 5.56 Å². The summed E-state index contributed by atoms with van der Waals surface area (Å²) in [5.74, 6) is 0.590. The largest absolute Gasteiger partial charge is 0.375 e. The van der Waals surface area contributed by atoms with E-state index in [1.165, 1.54) is 23.7 Å². The maximum atomic E-state index is 12.4. The van der Waals surface area contributed by atoms with Crippen LogP contribution in [0, 0.1) is 5.92 Å². The van der Waals surface area contributed by atoms with Gasteiger partial charge in [-0.1, -0.05) is 45.7 Å². The van der Waals surface area contributed by atoms with Gasteiger partial charge in [0.2, 0.25) is 0 Å². The van der Waals surface area contributed by atoms with Crippen molar-refractivity contribution in [2.24, 2.45) is 5.92 Å². The van der Waals surface area contributed by atoms with Crippen LogP contribution in [0.15, 0.2) is 39.7 Å². The van der Waals surface area contributed by atoms with Gasteiger partial charge in [0.25, 0.3) is 5.56 Å². The summed E-state index contributed by atoms with van der Waals surface area (Å²) < 4.78 is 2.51. The van der Waals surface area contributed by atoms with Gasteiger partial charge in [-0.25, -0.2) is 4.68 Å². The Balaban J connectivity index is 1.81. The van der Waals surface area contributed by atoms with Crippen LogP contribution in [0.5, 0.6) is 0 Å². The molecule has 6 heteroatoms. The second-order valence-electron chi connectivity index (χ2n) is 5.24. The summed E-state index contributed by atoms with van der Waals surface area (Å²) in [5.41, 5.74) is 1.34. The van der Waals surface area contributed by atoms with E-state index in [0.29, 0.717) is 29.7 Å². The smallest absolute Gasteiger partial charge is 0.291 e. The summed E-state index contributed by atoms with van der Waals surface area (Å²) in [5, 5.41) is 7.61. The Kier molecular flexibility index (Phi) is 4.31. The van der Waals surface area contributed by atoms with Crippen LogP contribution in [0.25, 0.3) is 0 Å². The monoisotopic (exact) mass is 367 g/mol. The van der Waals surface area contributed by atoms with Gasteiger partial charge in [-0.2, -0.15) is 5.10 Å². The first-order chi connectivity index (χ1) is 10.1. The fraction of sp³-hybridized carbons (Fsp3) is 0.333. The molecule has 1 saturated carbocycles. The highest BCUT2D eigenvalue weighted by Crippen LogP contribution is 2.30. The van der Waals surface area contributed by atoms with Crippen molar-refractivity contribution in [1.82, 2.24) is 9.78 Å². The molecule has 4 nitrogen and oxygen atoms in total. The van der Waals surface area contributed by atoms with Gasteiger partial charge in [0.1, 0.15) is 5.69 Å². The quantitative estimate of drug-likeness (QED) is 0.875. The number of hydrogen-bond acceptors (Lipinski definition) is 3. The Morgan fingerprint density at radius 3 is 2.86 bits per heavy atom. The van der Waals surface area contributed by atoms with Gasteiger partial charge in [0.05, 0.1) is 11.2 Å². The Labute approximate surface area is 136 Å². The third-order valence-corrected chi connectivity index (χ3v) is 4.60. The zero-order valence-corrected chi connectivity index (χ0v) is 13.7. The van der Waals surface area contributed by atoms with Crippen LogP contribution in [0.2, 0.25) is 5.02 Å². The normalized spacial score (nSPS) is 14.2. The molecule has 3 rings (SSSR count). The predicted octanol–water partition coefficient (Wildman–Crippen LogP) is 3.68. The van der Waals surface area contributed by atoms with Crippen LogP contribution in [0.1, 0.15) is 18.4 Å². The van der Waals surface area contributed by atoms with Crippen LogP contribution in [-0.4, -0.2) is 9.78 Å². The minimum absolute atomic E-state index is 0.151. The average molecular weight is 369 g/mol. The first-order valence-electron chi connectivity index (χ1n) is 6.88. The van der Waals surface area contributed by atoms with E-state index >= 15 is 0 Å². The van der Waals surface area contributed by atoms with Crippen LogP contribution >= 0.6 is 27.5 Å². The molecule has 1 aromatic carbocycles. The maximum Gasteiger partial charge on any atom is 0.291 e. The minimum atomic E-state index is -0.151. The lowest BCUT2D eigenvalue weighted by atomic mass is 10.2. The summed E-state index contributed by atoms with van der Waals surface area (Å²) in [4.78, 5) is 12.4. The SMILES string of the molecule is O=c1c(NCc2ccccc2Br)c(Cl)cnn1CC1CC1. The molecule has 0 aliphatic heterocycles. The van der Waals surface area contributed by atoms with E-state index in [1.54, 1.807) is 0 Å². The number of nitrogens with one attached hydrogen (secondary N) is 1. The van der Waals surface area contributed by atoms with E-state index < -0.39 is 0 Å². The number of anilines is 1. The van der Waals surface area contributed by atoms with Crippen molar-refractivity contribution < 1.29 is 0 Å². The average Bonchev–Trinajstić information content (AvgIpc) is 3.28. The molecule has 1 heterocycles. The van der Waals surface area contributed by atoms with Crippen molar-refractivity contribution in [3.05, 3.63) is 55.9 Å². The molecule has 2 aromatic rings. The van der Waals surface area contributed by atoms with Gasteiger partial charge >= 0.3 is 0 Å². The van der Waals surface area contributed by atoms with E-state index in [1.807, 2.05) is 24.3 Å². The van der Waals surface area contributed by atoms with Crippen molar-refractivity contribution >= 4 is 33.2 Å². The molecule has 110 valence electrons. The number of nitrogens with zero attached hydrogens (tertiary/aromatic N) is 2. The van der Waals surface area contributed by atoms with Gasteiger partial charge in [-0.3, -0.25) is 4.79 Å². The van der Waals surface area contributed by atoms with Crippen LogP contribution < -0.4 is 10.9 Å². The highest BCUT2D eigenvalue weighted by molar-refractivity contribution is 9.10. The number of hydrogen-bond donors (Lipinski definition) is 1. The molecule has 0 bridgehead atoms. The van der Waals surface area contributed by atoms with Gasteiger partial charge in [0, 0.05) is 17.6 Å². The van der Waals surface area contributed by atoms with E-state index in [9.17, 15) is 4.79 Å². The number of aromatic nitrogens is 2. The second-order valence-corrected chi connectivity index (χ2v) is 6.50. The van der Waals surface area contributed by atoms with Crippen molar-refractivity contribution in [1.29, 1.82) is 0 Å². The summed E-state index contributed by atoms with van der Waals surface area (Å²) in [6.45, 7) is 1.21. The Morgan fingerprint density at radius 2 is 2.14 bits per heavy atom. The molecule has 1 aliphatic rings. The third kappa shape index (κ3) is 3.47. The fourth-order valence-corrected chi connectivity index (χ4v) is 2.75. The molecule has 1 fully saturated rings. The highest BCUT2D eigenvalue weighted by Gasteiger charge is 2.23. The maximum absolute atomic E-state index is 12.4. The standard InChI is InChI=1S/C15H15BrClN3O/c16-12-4-2-1-3-11(12)7-18-14-13(17)8-19-20(15(14)21)9-10-5-6-10/h1-4,8,10,18H,5-7,9H2. The van der Waals surface area contributed by atoms with Crippen molar-refractivity contribution in [2.45, 2.75) is 25.9 Å². The molecule has 1 aromatic heterocycles. The van der Waals surface area contributed by atoms with E-state index in [2.05, 4.69) is 26.3 Å². The van der Waals surface area contributed by atoms with Crippen molar-refractivity contribution in [3.63, 3.8) is 0 Å². The summed E-state index contributed by atoms with van der Waals surface area (Å²) >= 11 is 9.60.